The number of ether oxygens (including phenoxy) is 2. The van der Waals surface area contributed by atoms with Crippen LogP contribution in [0.4, 0.5) is 0 Å². The number of amides is 1. The molecule has 0 saturated heterocycles. The monoisotopic (exact) mass is 847 g/mol. The molecular formula is C49H87N2O7P. The van der Waals surface area contributed by atoms with Crippen molar-refractivity contribution < 1.29 is 37.3 Å². The summed E-state index contributed by atoms with van der Waals surface area (Å²) in [6, 6.07) is 6.87. The molecule has 340 valence electrons. The molecule has 0 aliphatic rings. The first kappa shape index (κ1) is 54.8. The minimum Gasteiger partial charge on any atom is -0.756 e. The molecule has 0 aliphatic carbocycles. The number of carbonyl (C=O) groups is 1. The second-order valence-electron chi connectivity index (χ2n) is 17.1. The lowest BCUT2D eigenvalue weighted by atomic mass is 10.0. The number of likely N-dealkylation sites (N-methyl/N-ethyl adjacent to an activating group) is 1. The predicted molar refractivity (Wildman–Crippen MR) is 244 cm³/mol. The van der Waals surface area contributed by atoms with E-state index in [9.17, 15) is 14.3 Å². The number of nitrogens with one attached hydrogen (secondary N) is 1. The largest absolute Gasteiger partial charge is 0.756 e. The molecule has 0 saturated carbocycles. The highest BCUT2D eigenvalue weighted by atomic mass is 31.2. The Morgan fingerprint density at radius 3 is 1.76 bits per heavy atom. The van der Waals surface area contributed by atoms with Gasteiger partial charge in [0.25, 0.3) is 7.82 Å². The summed E-state index contributed by atoms with van der Waals surface area (Å²) in [6.07, 6.45) is 40.2. The van der Waals surface area contributed by atoms with E-state index in [4.69, 9.17) is 24.9 Å². The summed E-state index contributed by atoms with van der Waals surface area (Å²) in [5, 5.41) is 3.08. The number of hydrogen-bond donors (Lipinski definition) is 1. The Hall–Kier alpha value is -2.18. The van der Waals surface area contributed by atoms with Gasteiger partial charge in [-0.2, -0.15) is 0 Å². The second-order valence-corrected chi connectivity index (χ2v) is 18.6. The topological polar surface area (TPSA) is 106 Å². The van der Waals surface area contributed by atoms with Gasteiger partial charge in [-0.15, -0.1) is 6.42 Å². The number of phosphoric ester groups is 1. The molecule has 0 spiro atoms. The molecule has 0 heterocycles. The van der Waals surface area contributed by atoms with Gasteiger partial charge in [-0.05, 0) is 42.9 Å². The lowest BCUT2D eigenvalue weighted by molar-refractivity contribution is -0.883. The lowest BCUT2D eigenvalue weighted by Gasteiger charge is -2.31. The fourth-order valence-corrected chi connectivity index (χ4v) is 7.84. The Bertz CT molecular complexity index is 1270. The van der Waals surface area contributed by atoms with Crippen LogP contribution in [0.2, 0.25) is 0 Å². The van der Waals surface area contributed by atoms with Crippen molar-refractivity contribution >= 4 is 13.7 Å². The van der Waals surface area contributed by atoms with Gasteiger partial charge < -0.3 is 33.2 Å². The highest BCUT2D eigenvalue weighted by Gasteiger charge is 2.26. The fourth-order valence-electron chi connectivity index (χ4n) is 7.11. The smallest absolute Gasteiger partial charge is 0.268 e. The average Bonchev–Trinajstić information content (AvgIpc) is 3.21. The van der Waals surface area contributed by atoms with Gasteiger partial charge in [0.15, 0.2) is 0 Å². The minimum absolute atomic E-state index is 0.0677. The standard InChI is InChI=1S/C49H87N2O7P/c1-7-10-12-14-16-18-20-22-24-26-28-30-32-34-48(56-43-45-36-38-46(55-6)39-37-45)47(44-58-59(53,54)57-42-41-51(4,5)40-9-3)50-49(52)35-33-31-29-27-25-23-21-19-17-15-13-11-8-2/h3,32,34,36-39,47-48H,7-8,10-31,33,35,40-44H2,1-2,4-6H3,(H-,50,52,53,54)/b34-32+/t47-,48+/m0/s1. The molecule has 1 amide bonds. The Kier molecular flexibility index (Phi) is 33.9. The quantitative estimate of drug-likeness (QED) is 0.0230. The van der Waals surface area contributed by atoms with Gasteiger partial charge in [-0.3, -0.25) is 9.36 Å². The number of methoxy groups -OCH3 is 1. The van der Waals surface area contributed by atoms with Crippen LogP contribution in [0.5, 0.6) is 5.75 Å². The van der Waals surface area contributed by atoms with E-state index in [1.165, 1.54) is 122 Å². The van der Waals surface area contributed by atoms with Crippen molar-refractivity contribution in [1.82, 2.24) is 5.32 Å². The first-order valence-electron chi connectivity index (χ1n) is 23.6. The van der Waals surface area contributed by atoms with Gasteiger partial charge >= 0.3 is 0 Å². The highest BCUT2D eigenvalue weighted by Crippen LogP contribution is 2.38. The summed E-state index contributed by atoms with van der Waals surface area (Å²) >= 11 is 0. The Morgan fingerprint density at radius 1 is 0.780 bits per heavy atom. The molecule has 0 bridgehead atoms. The molecule has 1 aromatic rings. The summed E-state index contributed by atoms with van der Waals surface area (Å²) in [5.74, 6) is 3.21. The van der Waals surface area contributed by atoms with Crippen molar-refractivity contribution in [2.45, 2.75) is 200 Å². The van der Waals surface area contributed by atoms with Gasteiger partial charge in [0, 0.05) is 6.42 Å². The number of rotatable bonds is 41. The van der Waals surface area contributed by atoms with E-state index in [1.54, 1.807) is 7.11 Å². The molecule has 59 heavy (non-hydrogen) atoms. The summed E-state index contributed by atoms with van der Waals surface area (Å²) in [5.41, 5.74) is 0.929. The van der Waals surface area contributed by atoms with Crippen LogP contribution in [0.3, 0.4) is 0 Å². The van der Waals surface area contributed by atoms with Gasteiger partial charge in [0.1, 0.15) is 25.4 Å². The van der Waals surface area contributed by atoms with E-state index >= 15 is 0 Å². The third-order valence-electron chi connectivity index (χ3n) is 11.0. The van der Waals surface area contributed by atoms with Crippen molar-refractivity contribution in [3.63, 3.8) is 0 Å². The number of allylic oxidation sites excluding steroid dienone is 1. The summed E-state index contributed by atoms with van der Waals surface area (Å²) in [7, 11) is 0.765. The van der Waals surface area contributed by atoms with E-state index in [-0.39, 0.29) is 25.7 Å². The van der Waals surface area contributed by atoms with Crippen LogP contribution in [0.15, 0.2) is 36.4 Å². The van der Waals surface area contributed by atoms with Gasteiger partial charge in [-0.1, -0.05) is 179 Å². The summed E-state index contributed by atoms with van der Waals surface area (Å²) in [4.78, 5) is 26.4. The zero-order valence-electron chi connectivity index (χ0n) is 38.4. The number of terminal acetylenes is 1. The molecule has 9 nitrogen and oxygen atoms in total. The van der Waals surface area contributed by atoms with Crippen LogP contribution in [0.1, 0.15) is 186 Å². The van der Waals surface area contributed by atoms with Crippen molar-refractivity contribution in [1.29, 1.82) is 0 Å². The predicted octanol–water partition coefficient (Wildman–Crippen LogP) is 12.0. The summed E-state index contributed by atoms with van der Waals surface area (Å²) < 4.78 is 35.8. The lowest BCUT2D eigenvalue weighted by Crippen LogP contribution is -2.47. The maximum atomic E-state index is 13.4. The van der Waals surface area contributed by atoms with Crippen molar-refractivity contribution in [2.24, 2.45) is 0 Å². The van der Waals surface area contributed by atoms with Crippen LogP contribution in [0.25, 0.3) is 0 Å². The SMILES string of the molecule is C#CC[N+](C)(C)CCOP(=O)([O-])OC[C@H](NC(=O)CCCCCCCCCCCCCCC)[C@@H](/C=C/CCCCCCCCCCCCC)OCc1ccc(OC)cc1. The summed E-state index contributed by atoms with van der Waals surface area (Å²) in [6.45, 7) is 5.23. The third kappa shape index (κ3) is 32.2. The molecular weight excluding hydrogens is 760 g/mol. The molecule has 10 heteroatoms. The Morgan fingerprint density at radius 2 is 1.27 bits per heavy atom. The molecule has 1 unspecified atom stereocenters. The molecule has 0 fully saturated rings. The van der Waals surface area contributed by atoms with Crippen LogP contribution in [-0.2, 0) is 29.8 Å². The van der Waals surface area contributed by atoms with Crippen LogP contribution >= 0.6 is 7.82 Å². The molecule has 0 aliphatic heterocycles. The van der Waals surface area contributed by atoms with E-state index in [2.05, 4.69) is 31.2 Å². The first-order valence-corrected chi connectivity index (χ1v) is 25.1. The fraction of sp³-hybridized carbons (Fsp3) is 0.776. The number of hydrogen-bond acceptors (Lipinski definition) is 7. The zero-order chi connectivity index (χ0) is 43.3. The maximum Gasteiger partial charge on any atom is 0.268 e. The first-order chi connectivity index (χ1) is 28.6. The molecule has 1 rings (SSSR count). The molecule has 1 aromatic carbocycles. The van der Waals surface area contributed by atoms with Crippen molar-refractivity contribution in [2.75, 3.05) is 47.5 Å². The molecule has 0 aromatic heterocycles. The second kappa shape index (κ2) is 36.5. The van der Waals surface area contributed by atoms with Crippen LogP contribution in [0, 0.1) is 12.3 Å². The molecule has 1 N–H and O–H groups in total. The van der Waals surface area contributed by atoms with E-state index in [1.807, 2.05) is 44.4 Å². The number of benzene rings is 1. The normalized spacial score (nSPS) is 13.9. The van der Waals surface area contributed by atoms with Gasteiger partial charge in [0.2, 0.25) is 5.91 Å². The van der Waals surface area contributed by atoms with Crippen molar-refractivity contribution in [3.05, 3.63) is 42.0 Å². The number of unbranched alkanes of at least 4 members (excludes halogenated alkanes) is 23. The molecule has 3 atom stereocenters. The van der Waals surface area contributed by atoms with Crippen molar-refractivity contribution in [3.8, 4) is 18.1 Å². The number of nitrogens with zero attached hydrogens (tertiary/aromatic N) is 1. The Labute approximate surface area is 362 Å². The van der Waals surface area contributed by atoms with E-state index in [0.29, 0.717) is 24.0 Å². The number of quaternary nitrogens is 1. The average molecular weight is 847 g/mol. The van der Waals surface area contributed by atoms with Crippen LogP contribution in [-0.4, -0.2) is 70.0 Å². The van der Waals surface area contributed by atoms with Gasteiger partial charge in [0.05, 0.1) is 46.6 Å². The zero-order valence-corrected chi connectivity index (χ0v) is 39.3. The minimum atomic E-state index is -4.69. The Balaban J connectivity index is 2.86. The van der Waals surface area contributed by atoms with Crippen LogP contribution < -0.4 is 14.9 Å². The third-order valence-corrected chi connectivity index (χ3v) is 12.0. The number of carbonyl (C=O) groups excluding carboxylic acids is 1. The van der Waals surface area contributed by atoms with Gasteiger partial charge in [-0.25, -0.2) is 0 Å². The molecule has 0 radical (unpaired) electrons. The van der Waals surface area contributed by atoms with E-state index in [0.717, 1.165) is 49.8 Å². The number of phosphoric acid groups is 1. The highest BCUT2D eigenvalue weighted by molar-refractivity contribution is 7.45. The maximum absolute atomic E-state index is 13.4. The van der Waals surface area contributed by atoms with E-state index < -0.39 is 20.0 Å².